The third-order valence-corrected chi connectivity index (χ3v) is 3.29. The van der Waals surface area contributed by atoms with E-state index in [2.05, 4.69) is 22.6 Å². The average molecular weight is 189 g/mol. The fourth-order valence-corrected chi connectivity index (χ4v) is 2.60. The highest BCUT2D eigenvalue weighted by Crippen LogP contribution is 2.31. The van der Waals surface area contributed by atoms with Gasteiger partial charge in [0.1, 0.15) is 0 Å². The van der Waals surface area contributed by atoms with E-state index in [1.165, 1.54) is 24.1 Å². The molecule has 0 amide bonds. The van der Waals surface area contributed by atoms with Crippen LogP contribution in [0, 0.1) is 0 Å². The molecule has 0 spiro atoms. The summed E-state index contributed by atoms with van der Waals surface area (Å²) in [6.07, 6.45) is 8.03. The van der Waals surface area contributed by atoms with Crippen LogP contribution < -0.4 is 5.32 Å². The molecule has 3 nitrogen and oxygen atoms in total. The zero-order valence-corrected chi connectivity index (χ0v) is 8.40. The van der Waals surface area contributed by atoms with Crippen molar-refractivity contribution in [3.8, 4) is 0 Å². The van der Waals surface area contributed by atoms with Crippen LogP contribution in [-0.4, -0.2) is 21.9 Å². The highest BCUT2D eigenvalue weighted by molar-refractivity contribution is 5.65. The standard InChI is InChI=1S/C11H15N3/c1-14-11(4-5-12-14)8-6-9-2-3-10(7-8)13-9/h4-6,9-10,13H,2-3,7H2,1H3/t9-,10+/m1/s1. The van der Waals surface area contributed by atoms with Gasteiger partial charge in [-0.05, 0) is 30.9 Å². The Hall–Kier alpha value is -1.09. The van der Waals surface area contributed by atoms with Gasteiger partial charge in [-0.1, -0.05) is 6.08 Å². The van der Waals surface area contributed by atoms with E-state index in [4.69, 9.17) is 0 Å². The Labute approximate surface area is 83.8 Å². The first kappa shape index (κ1) is 8.24. The largest absolute Gasteiger partial charge is 0.307 e. The maximum Gasteiger partial charge on any atom is 0.0636 e. The second kappa shape index (κ2) is 2.95. The Balaban J connectivity index is 1.96. The second-order valence-corrected chi connectivity index (χ2v) is 4.28. The molecule has 3 heteroatoms. The van der Waals surface area contributed by atoms with Gasteiger partial charge >= 0.3 is 0 Å². The van der Waals surface area contributed by atoms with Crippen LogP contribution in [0.4, 0.5) is 0 Å². The first-order chi connectivity index (χ1) is 6.83. The Kier molecular flexibility index (Phi) is 1.74. The van der Waals surface area contributed by atoms with Crippen molar-refractivity contribution in [1.82, 2.24) is 15.1 Å². The summed E-state index contributed by atoms with van der Waals surface area (Å²) in [7, 11) is 2.01. The fourth-order valence-electron chi connectivity index (χ4n) is 2.60. The summed E-state index contributed by atoms with van der Waals surface area (Å²) in [5.74, 6) is 0. The van der Waals surface area contributed by atoms with Crippen molar-refractivity contribution in [2.45, 2.75) is 31.3 Å². The molecule has 1 N–H and O–H groups in total. The number of rotatable bonds is 1. The number of nitrogens with zero attached hydrogens (tertiary/aromatic N) is 2. The molecule has 0 radical (unpaired) electrons. The molecule has 74 valence electrons. The van der Waals surface area contributed by atoms with E-state index in [9.17, 15) is 0 Å². The molecule has 1 aromatic rings. The number of nitrogens with one attached hydrogen (secondary N) is 1. The van der Waals surface area contributed by atoms with Crippen LogP contribution in [0.3, 0.4) is 0 Å². The normalized spacial score (nSPS) is 30.5. The summed E-state index contributed by atoms with van der Waals surface area (Å²) in [6.45, 7) is 0. The highest BCUT2D eigenvalue weighted by atomic mass is 15.3. The van der Waals surface area contributed by atoms with E-state index in [-0.39, 0.29) is 0 Å². The minimum Gasteiger partial charge on any atom is -0.307 e. The summed E-state index contributed by atoms with van der Waals surface area (Å²) >= 11 is 0. The van der Waals surface area contributed by atoms with Crippen molar-refractivity contribution < 1.29 is 0 Å². The van der Waals surface area contributed by atoms with Crippen molar-refractivity contribution in [3.05, 3.63) is 24.0 Å². The lowest BCUT2D eigenvalue weighted by Gasteiger charge is -2.21. The van der Waals surface area contributed by atoms with Gasteiger partial charge in [-0.15, -0.1) is 0 Å². The lowest BCUT2D eigenvalue weighted by Crippen LogP contribution is -2.32. The molecule has 1 saturated heterocycles. The topological polar surface area (TPSA) is 29.9 Å². The molecule has 2 atom stereocenters. The summed E-state index contributed by atoms with van der Waals surface area (Å²) in [6, 6.07) is 3.42. The monoisotopic (exact) mass is 189 g/mol. The van der Waals surface area contributed by atoms with E-state index < -0.39 is 0 Å². The van der Waals surface area contributed by atoms with Crippen molar-refractivity contribution >= 4 is 5.57 Å². The van der Waals surface area contributed by atoms with E-state index in [1.807, 2.05) is 17.9 Å². The van der Waals surface area contributed by atoms with Gasteiger partial charge in [0, 0.05) is 25.3 Å². The first-order valence-electron chi connectivity index (χ1n) is 5.28. The van der Waals surface area contributed by atoms with Crippen LogP contribution >= 0.6 is 0 Å². The van der Waals surface area contributed by atoms with Crippen LogP contribution in [-0.2, 0) is 7.05 Å². The van der Waals surface area contributed by atoms with Gasteiger partial charge in [0.2, 0.25) is 0 Å². The molecule has 14 heavy (non-hydrogen) atoms. The van der Waals surface area contributed by atoms with Crippen LogP contribution in [0.5, 0.6) is 0 Å². The van der Waals surface area contributed by atoms with Crippen molar-refractivity contribution in [2.24, 2.45) is 7.05 Å². The Morgan fingerprint density at radius 2 is 2.43 bits per heavy atom. The van der Waals surface area contributed by atoms with Gasteiger partial charge in [-0.25, -0.2) is 0 Å². The molecule has 1 fully saturated rings. The molecule has 0 saturated carbocycles. The zero-order chi connectivity index (χ0) is 9.54. The molecule has 0 aliphatic carbocycles. The summed E-state index contributed by atoms with van der Waals surface area (Å²) in [5, 5.41) is 7.81. The maximum atomic E-state index is 4.22. The lowest BCUT2D eigenvalue weighted by molar-refractivity contribution is 0.571. The van der Waals surface area contributed by atoms with E-state index in [0.717, 1.165) is 6.42 Å². The van der Waals surface area contributed by atoms with E-state index in [1.54, 1.807) is 0 Å². The molecule has 3 heterocycles. The van der Waals surface area contributed by atoms with Crippen molar-refractivity contribution in [1.29, 1.82) is 0 Å². The first-order valence-corrected chi connectivity index (χ1v) is 5.28. The van der Waals surface area contributed by atoms with Crippen LogP contribution in [0.15, 0.2) is 18.3 Å². The van der Waals surface area contributed by atoms with Crippen molar-refractivity contribution in [2.75, 3.05) is 0 Å². The summed E-state index contributed by atoms with van der Waals surface area (Å²) in [4.78, 5) is 0. The molecule has 2 aliphatic heterocycles. The molecule has 0 unspecified atom stereocenters. The van der Waals surface area contributed by atoms with Crippen LogP contribution in [0.25, 0.3) is 5.57 Å². The summed E-state index contributed by atoms with van der Waals surface area (Å²) < 4.78 is 1.97. The Morgan fingerprint density at radius 3 is 3.14 bits per heavy atom. The van der Waals surface area contributed by atoms with Gasteiger partial charge in [0.15, 0.2) is 0 Å². The molecule has 0 aromatic carbocycles. The van der Waals surface area contributed by atoms with E-state index in [0.29, 0.717) is 12.1 Å². The van der Waals surface area contributed by atoms with Gasteiger partial charge in [-0.2, -0.15) is 5.10 Å². The van der Waals surface area contributed by atoms with Gasteiger partial charge in [0.05, 0.1) is 5.69 Å². The third kappa shape index (κ3) is 1.20. The molecular formula is C11H15N3. The van der Waals surface area contributed by atoms with Crippen LogP contribution in [0.1, 0.15) is 25.0 Å². The number of hydrogen-bond acceptors (Lipinski definition) is 2. The molecule has 2 aliphatic rings. The van der Waals surface area contributed by atoms with Gasteiger partial charge in [0.25, 0.3) is 0 Å². The predicted molar refractivity (Wildman–Crippen MR) is 55.7 cm³/mol. The number of fused-ring (bicyclic) bond motifs is 2. The molecule has 3 rings (SSSR count). The van der Waals surface area contributed by atoms with Crippen LogP contribution in [0.2, 0.25) is 0 Å². The molecular weight excluding hydrogens is 174 g/mol. The van der Waals surface area contributed by atoms with Crippen molar-refractivity contribution in [3.63, 3.8) is 0 Å². The van der Waals surface area contributed by atoms with E-state index >= 15 is 0 Å². The number of aromatic nitrogens is 2. The minimum atomic E-state index is 0.610. The number of hydrogen-bond donors (Lipinski definition) is 1. The fraction of sp³-hybridized carbons (Fsp3) is 0.545. The predicted octanol–water partition coefficient (Wildman–Crippen LogP) is 1.33. The number of aryl methyl sites for hydroxylation is 1. The van der Waals surface area contributed by atoms with Gasteiger partial charge < -0.3 is 5.32 Å². The molecule has 2 bridgehead atoms. The smallest absolute Gasteiger partial charge is 0.0636 e. The quantitative estimate of drug-likeness (QED) is 0.722. The minimum absolute atomic E-state index is 0.610. The second-order valence-electron chi connectivity index (χ2n) is 4.28. The third-order valence-electron chi connectivity index (χ3n) is 3.29. The SMILES string of the molecule is Cn1nccc1C1=C[C@H]2CC[C@@H](C1)N2. The molecule has 1 aromatic heterocycles. The highest BCUT2D eigenvalue weighted by Gasteiger charge is 2.28. The van der Waals surface area contributed by atoms with Gasteiger partial charge in [-0.3, -0.25) is 4.68 Å². The summed E-state index contributed by atoms with van der Waals surface area (Å²) in [5.41, 5.74) is 2.75. The zero-order valence-electron chi connectivity index (χ0n) is 8.40. The Morgan fingerprint density at radius 1 is 1.50 bits per heavy atom. The average Bonchev–Trinajstić information content (AvgIpc) is 2.73. The maximum absolute atomic E-state index is 4.22. The lowest BCUT2D eigenvalue weighted by atomic mass is 10.0. The Bertz CT molecular complexity index is 378.